The molecular formula is C36H51BrN4O6S. The molecule has 2 bridgehead atoms. The molecule has 10 nitrogen and oxygen atoms in total. The predicted molar refractivity (Wildman–Crippen MR) is 194 cm³/mol. The maximum Gasteiger partial charge on any atom is 0.247 e. The molecule has 0 radical (unpaired) electrons. The number of carbonyl (C=O) groups excluding carboxylic acids is 3. The zero-order valence-electron chi connectivity index (χ0n) is 28.5. The third-order valence-electron chi connectivity index (χ3n) is 10.1. The summed E-state index contributed by atoms with van der Waals surface area (Å²) in [5.74, 6) is -0.982. The second-order valence-corrected chi connectivity index (χ2v) is 16.3. The fraction of sp³-hybridized carbons (Fsp3) is 0.639. The first-order valence-electron chi connectivity index (χ1n) is 17.2. The van der Waals surface area contributed by atoms with E-state index in [4.69, 9.17) is 9.47 Å². The Morgan fingerprint density at radius 3 is 2.46 bits per heavy atom. The summed E-state index contributed by atoms with van der Waals surface area (Å²) in [5.41, 5.74) is 0.694. The summed E-state index contributed by atoms with van der Waals surface area (Å²) < 4.78 is 10.3. The van der Waals surface area contributed by atoms with E-state index in [-0.39, 0.29) is 46.9 Å². The van der Waals surface area contributed by atoms with E-state index in [2.05, 4.69) is 47.8 Å². The molecule has 0 aliphatic carbocycles. The molecule has 264 valence electrons. The molecule has 4 aliphatic rings. The number of ether oxygens (including phenoxy) is 2. The molecular weight excluding hydrogens is 696 g/mol. The Morgan fingerprint density at radius 2 is 1.85 bits per heavy atom. The van der Waals surface area contributed by atoms with E-state index in [1.807, 2.05) is 36.1 Å². The topological polar surface area (TPSA) is 103 Å². The SMILES string of the molecule is C=CCN(CCN1CCOCC1)C(=O)C1N([C@@H](CO)CC(C)C)C(=O)[C@@H]2[C@@H](C(=O)N(CC=C)c3ccc(OCC)cc3)[C@@H]3SC12CC3Br. The number of fused-ring (bicyclic) bond motifs is 1. The average Bonchev–Trinajstić information content (AvgIpc) is 3.68. The van der Waals surface area contributed by atoms with Gasteiger partial charge in [-0.05, 0) is 49.9 Å². The Balaban J connectivity index is 1.53. The van der Waals surface area contributed by atoms with E-state index < -0.39 is 28.7 Å². The van der Waals surface area contributed by atoms with E-state index in [0.29, 0.717) is 63.7 Å². The van der Waals surface area contributed by atoms with Gasteiger partial charge in [0.15, 0.2) is 0 Å². The fourth-order valence-corrected chi connectivity index (χ4v) is 11.7. The highest BCUT2D eigenvalue weighted by atomic mass is 79.9. The summed E-state index contributed by atoms with van der Waals surface area (Å²) in [6, 6.07) is 6.03. The van der Waals surface area contributed by atoms with Crippen LogP contribution in [0.4, 0.5) is 5.69 Å². The monoisotopic (exact) mass is 746 g/mol. The molecule has 3 amide bonds. The van der Waals surface area contributed by atoms with Crippen molar-refractivity contribution in [3.05, 3.63) is 49.6 Å². The summed E-state index contributed by atoms with van der Waals surface area (Å²) in [6.07, 6.45) is 4.54. The summed E-state index contributed by atoms with van der Waals surface area (Å²) in [6.45, 7) is 18.9. The van der Waals surface area contributed by atoms with Crippen LogP contribution in [0.25, 0.3) is 0 Å². The number of hydrogen-bond donors (Lipinski definition) is 1. The largest absolute Gasteiger partial charge is 0.494 e. The standard InChI is InChI=1S/C36H51BrN4O6S/c1-6-13-39(16-15-38-17-19-46-20-18-38)35(45)32-36-22-28(37)31(48-36)29(30(36)34(44)41(32)26(23-42)21-24(4)5)33(43)40(14-7-2)25-9-11-27(12-10-25)47-8-3/h6-7,9-12,24,26,28-32,42H,1-2,8,13-23H2,3-5H3/t26-,28?,29-,30+,31-,32?,36?/m1/s1. The number of carbonyl (C=O) groups is 3. The van der Waals surface area contributed by atoms with E-state index in [0.717, 1.165) is 13.1 Å². The first-order chi connectivity index (χ1) is 23.1. The number of amides is 3. The minimum absolute atomic E-state index is 0.0689. The zero-order valence-corrected chi connectivity index (χ0v) is 30.9. The summed E-state index contributed by atoms with van der Waals surface area (Å²) in [7, 11) is 0. The molecule has 0 aromatic heterocycles. The van der Waals surface area contributed by atoms with Crippen molar-refractivity contribution in [2.45, 2.75) is 60.5 Å². The van der Waals surface area contributed by atoms with Crippen LogP contribution in [0.3, 0.4) is 0 Å². The first-order valence-corrected chi connectivity index (χ1v) is 19.0. The fourth-order valence-electron chi connectivity index (χ4n) is 8.07. The number of thioether (sulfide) groups is 1. The van der Waals surface area contributed by atoms with Gasteiger partial charge in [0.2, 0.25) is 17.7 Å². The number of rotatable bonds is 16. The molecule has 1 aromatic carbocycles. The van der Waals surface area contributed by atoms with Crippen molar-refractivity contribution in [1.82, 2.24) is 14.7 Å². The molecule has 1 spiro atoms. The highest BCUT2D eigenvalue weighted by Crippen LogP contribution is 2.68. The highest BCUT2D eigenvalue weighted by Gasteiger charge is 2.76. The number of morpholine rings is 1. The number of aliphatic hydroxyl groups excluding tert-OH is 1. The normalized spacial score (nSPS) is 28.8. The summed E-state index contributed by atoms with van der Waals surface area (Å²) in [5, 5.41) is 10.5. The molecule has 5 rings (SSSR count). The number of benzene rings is 1. The van der Waals surface area contributed by atoms with Gasteiger partial charge in [0.05, 0.1) is 49.1 Å². The van der Waals surface area contributed by atoms with Gasteiger partial charge in [-0.15, -0.1) is 24.9 Å². The maximum absolute atomic E-state index is 14.9. The molecule has 48 heavy (non-hydrogen) atoms. The smallest absolute Gasteiger partial charge is 0.247 e. The van der Waals surface area contributed by atoms with E-state index in [9.17, 15) is 19.5 Å². The number of likely N-dealkylation sites (tertiary alicyclic amines) is 1. The third kappa shape index (κ3) is 7.10. The number of anilines is 1. The van der Waals surface area contributed by atoms with Crippen molar-refractivity contribution >= 4 is 51.1 Å². The van der Waals surface area contributed by atoms with Crippen molar-refractivity contribution in [3.63, 3.8) is 0 Å². The van der Waals surface area contributed by atoms with Gasteiger partial charge in [-0.25, -0.2) is 0 Å². The lowest BCUT2D eigenvalue weighted by atomic mass is 9.70. The van der Waals surface area contributed by atoms with Crippen LogP contribution < -0.4 is 9.64 Å². The highest BCUT2D eigenvalue weighted by molar-refractivity contribution is 9.09. The van der Waals surface area contributed by atoms with Gasteiger partial charge in [0.25, 0.3) is 0 Å². The number of nitrogens with zero attached hydrogens (tertiary/aromatic N) is 4. The van der Waals surface area contributed by atoms with Crippen molar-refractivity contribution in [1.29, 1.82) is 0 Å². The first kappa shape index (κ1) is 36.9. The minimum atomic E-state index is -0.825. The molecule has 4 fully saturated rings. The van der Waals surface area contributed by atoms with Crippen molar-refractivity contribution in [2.75, 3.05) is 70.6 Å². The Morgan fingerprint density at radius 1 is 1.17 bits per heavy atom. The molecule has 7 atom stereocenters. The number of alkyl halides is 1. The molecule has 4 heterocycles. The molecule has 0 saturated carbocycles. The van der Waals surface area contributed by atoms with Crippen LogP contribution in [-0.4, -0.2) is 130 Å². The van der Waals surface area contributed by atoms with Crippen LogP contribution >= 0.6 is 27.7 Å². The number of aliphatic hydroxyl groups is 1. The molecule has 4 aliphatic heterocycles. The van der Waals surface area contributed by atoms with Gasteiger partial charge in [-0.2, -0.15) is 0 Å². The van der Waals surface area contributed by atoms with Crippen molar-refractivity contribution in [2.24, 2.45) is 17.8 Å². The van der Waals surface area contributed by atoms with Gasteiger partial charge in [0, 0.05) is 55.0 Å². The maximum atomic E-state index is 14.9. The lowest BCUT2D eigenvalue weighted by Crippen LogP contribution is -2.58. The van der Waals surface area contributed by atoms with E-state index in [1.165, 1.54) is 0 Å². The van der Waals surface area contributed by atoms with Crippen LogP contribution in [0.2, 0.25) is 0 Å². The number of hydrogen-bond acceptors (Lipinski definition) is 8. The number of halogens is 1. The van der Waals surface area contributed by atoms with Crippen LogP contribution in [0.5, 0.6) is 5.75 Å². The summed E-state index contributed by atoms with van der Waals surface area (Å²) >= 11 is 5.52. The van der Waals surface area contributed by atoms with E-state index >= 15 is 0 Å². The van der Waals surface area contributed by atoms with Crippen LogP contribution in [0.15, 0.2) is 49.6 Å². The lowest BCUT2D eigenvalue weighted by molar-refractivity contribution is -0.146. The molecule has 1 aromatic rings. The average molecular weight is 748 g/mol. The Hall–Kier alpha value is -2.38. The van der Waals surface area contributed by atoms with Crippen LogP contribution in [0, 0.1) is 17.8 Å². The van der Waals surface area contributed by atoms with Gasteiger partial charge in [-0.3, -0.25) is 19.3 Å². The second-order valence-electron chi connectivity index (χ2n) is 13.6. The molecule has 4 saturated heterocycles. The summed E-state index contributed by atoms with van der Waals surface area (Å²) in [4.78, 5) is 52.0. The Kier molecular flexibility index (Phi) is 12.4. The third-order valence-corrected chi connectivity index (χ3v) is 13.3. The Bertz CT molecular complexity index is 1330. The van der Waals surface area contributed by atoms with Crippen LogP contribution in [0.1, 0.15) is 33.6 Å². The Labute approximate surface area is 298 Å². The van der Waals surface area contributed by atoms with Crippen molar-refractivity contribution in [3.8, 4) is 5.75 Å². The minimum Gasteiger partial charge on any atom is -0.494 e. The molecule has 1 N–H and O–H groups in total. The zero-order chi connectivity index (χ0) is 34.6. The second kappa shape index (κ2) is 16.1. The van der Waals surface area contributed by atoms with Gasteiger partial charge in [-0.1, -0.05) is 41.9 Å². The predicted octanol–water partition coefficient (Wildman–Crippen LogP) is 3.82. The molecule has 3 unspecified atom stereocenters. The molecule has 12 heteroatoms. The van der Waals surface area contributed by atoms with Crippen LogP contribution in [-0.2, 0) is 19.1 Å². The van der Waals surface area contributed by atoms with E-state index in [1.54, 1.807) is 33.7 Å². The van der Waals surface area contributed by atoms with Gasteiger partial charge in [0.1, 0.15) is 11.8 Å². The van der Waals surface area contributed by atoms with Crippen molar-refractivity contribution < 1.29 is 29.0 Å². The quantitative estimate of drug-likeness (QED) is 0.201. The van der Waals surface area contributed by atoms with Gasteiger partial charge >= 0.3 is 0 Å². The van der Waals surface area contributed by atoms with Gasteiger partial charge < -0.3 is 29.3 Å². The lowest BCUT2D eigenvalue weighted by Gasteiger charge is -2.40.